The maximum atomic E-state index is 11.8. The maximum absolute atomic E-state index is 11.8. The van der Waals surface area contributed by atoms with Gasteiger partial charge in [-0.25, -0.2) is 0 Å². The van der Waals surface area contributed by atoms with Gasteiger partial charge in [0.05, 0.1) is 19.6 Å². The van der Waals surface area contributed by atoms with Crippen LogP contribution in [0.3, 0.4) is 0 Å². The molecule has 0 aromatic carbocycles. The van der Waals surface area contributed by atoms with Crippen LogP contribution in [0.5, 0.6) is 6.01 Å². The highest BCUT2D eigenvalue weighted by Gasteiger charge is 2.28. The Kier molecular flexibility index (Phi) is 4.94. The molecule has 0 saturated carbocycles. The molecule has 0 amide bonds. The number of piperidine rings is 1. The van der Waals surface area contributed by atoms with Crippen molar-refractivity contribution in [1.82, 2.24) is 15.0 Å². The Hall–Kier alpha value is -1.63. The topological polar surface area (TPSA) is 77.4 Å². The third-order valence-electron chi connectivity index (χ3n) is 3.08. The molecule has 1 unspecified atom stereocenters. The lowest BCUT2D eigenvalue weighted by molar-refractivity contribution is -0.148. The van der Waals surface area contributed by atoms with E-state index in [1.165, 1.54) is 7.11 Å². The molecular formula is C12H17ClN4O3. The van der Waals surface area contributed by atoms with Crippen molar-refractivity contribution < 1.29 is 14.3 Å². The number of hydrogen-bond donors (Lipinski definition) is 0. The lowest BCUT2D eigenvalue weighted by Gasteiger charge is -2.31. The molecule has 2 heterocycles. The average Bonchev–Trinajstić information content (AvgIpc) is 2.47. The van der Waals surface area contributed by atoms with E-state index < -0.39 is 0 Å². The number of carbonyl (C=O) groups excluding carboxylic acids is 1. The molecule has 0 bridgehead atoms. The fraction of sp³-hybridized carbons (Fsp3) is 0.667. The number of rotatable bonds is 4. The zero-order valence-electron chi connectivity index (χ0n) is 11.5. The number of hydrogen-bond acceptors (Lipinski definition) is 7. The fourth-order valence-corrected chi connectivity index (χ4v) is 2.31. The Bertz CT molecular complexity index is 486. The zero-order valence-corrected chi connectivity index (χ0v) is 12.3. The molecule has 0 radical (unpaired) electrons. The van der Waals surface area contributed by atoms with Crippen LogP contribution in [-0.4, -0.2) is 47.7 Å². The molecule has 1 aliphatic heterocycles. The number of esters is 1. The van der Waals surface area contributed by atoms with Gasteiger partial charge in [0.25, 0.3) is 0 Å². The molecule has 8 heteroatoms. The predicted octanol–water partition coefficient (Wildman–Crippen LogP) is 1.31. The van der Waals surface area contributed by atoms with Crippen molar-refractivity contribution >= 4 is 23.5 Å². The van der Waals surface area contributed by atoms with Gasteiger partial charge in [-0.2, -0.15) is 15.0 Å². The van der Waals surface area contributed by atoms with E-state index in [4.69, 9.17) is 21.1 Å². The highest BCUT2D eigenvalue weighted by molar-refractivity contribution is 6.28. The summed E-state index contributed by atoms with van der Waals surface area (Å²) in [6.45, 7) is 3.47. The van der Waals surface area contributed by atoms with Crippen LogP contribution in [0.25, 0.3) is 0 Å². The molecule has 20 heavy (non-hydrogen) atoms. The van der Waals surface area contributed by atoms with Crippen LogP contribution < -0.4 is 9.64 Å². The molecule has 0 spiro atoms. The molecule has 2 rings (SSSR count). The lowest BCUT2D eigenvalue weighted by Crippen LogP contribution is -2.40. The molecule has 1 aromatic heterocycles. The summed E-state index contributed by atoms with van der Waals surface area (Å²) in [6, 6.07) is 0.165. The van der Waals surface area contributed by atoms with E-state index in [1.807, 2.05) is 4.90 Å². The van der Waals surface area contributed by atoms with Crippen LogP contribution in [0.2, 0.25) is 5.28 Å². The van der Waals surface area contributed by atoms with Crippen LogP contribution >= 0.6 is 11.6 Å². The summed E-state index contributed by atoms with van der Waals surface area (Å²) in [5.74, 6) is 0.0883. The van der Waals surface area contributed by atoms with Crippen molar-refractivity contribution in [2.75, 3.05) is 31.7 Å². The van der Waals surface area contributed by atoms with E-state index in [2.05, 4.69) is 15.0 Å². The zero-order chi connectivity index (χ0) is 14.5. The second-order valence-electron chi connectivity index (χ2n) is 4.43. The fourth-order valence-electron chi connectivity index (χ4n) is 2.17. The van der Waals surface area contributed by atoms with E-state index in [0.29, 0.717) is 19.1 Å². The second-order valence-corrected chi connectivity index (χ2v) is 4.77. The molecule has 0 aliphatic carbocycles. The van der Waals surface area contributed by atoms with Crippen LogP contribution in [0, 0.1) is 5.92 Å². The third kappa shape index (κ3) is 3.47. The first kappa shape index (κ1) is 14.8. The van der Waals surface area contributed by atoms with Crippen molar-refractivity contribution in [3.05, 3.63) is 5.28 Å². The van der Waals surface area contributed by atoms with Crippen molar-refractivity contribution in [2.24, 2.45) is 5.92 Å². The summed E-state index contributed by atoms with van der Waals surface area (Å²) >= 11 is 5.84. The number of methoxy groups -OCH3 is 1. The van der Waals surface area contributed by atoms with Crippen LogP contribution in [0.1, 0.15) is 19.8 Å². The van der Waals surface area contributed by atoms with Crippen LogP contribution in [0.15, 0.2) is 0 Å². The molecule has 1 fully saturated rings. The molecule has 1 aromatic rings. The highest BCUT2D eigenvalue weighted by Crippen LogP contribution is 2.23. The Labute approximate surface area is 122 Å². The monoisotopic (exact) mass is 300 g/mol. The van der Waals surface area contributed by atoms with E-state index in [0.717, 1.165) is 19.4 Å². The standard InChI is InChI=1S/C12H17ClN4O3/c1-3-20-9(18)8-5-4-6-17(7-8)11-14-10(13)15-12(16-11)19-2/h8H,3-7H2,1-2H3. The van der Waals surface area contributed by atoms with Crippen molar-refractivity contribution in [3.63, 3.8) is 0 Å². The first-order valence-electron chi connectivity index (χ1n) is 6.51. The molecule has 1 saturated heterocycles. The summed E-state index contributed by atoms with van der Waals surface area (Å²) < 4.78 is 10.0. The molecule has 1 aliphatic rings. The van der Waals surface area contributed by atoms with Gasteiger partial charge in [-0.1, -0.05) is 0 Å². The number of anilines is 1. The average molecular weight is 301 g/mol. The molecule has 0 N–H and O–H groups in total. The molecule has 1 atom stereocenters. The summed E-state index contributed by atoms with van der Waals surface area (Å²) in [7, 11) is 1.47. The molecule has 110 valence electrons. The summed E-state index contributed by atoms with van der Waals surface area (Å²) in [6.07, 6.45) is 1.68. The van der Waals surface area contributed by atoms with E-state index >= 15 is 0 Å². The van der Waals surface area contributed by atoms with E-state index in [-0.39, 0.29) is 23.2 Å². The van der Waals surface area contributed by atoms with Gasteiger partial charge in [0.2, 0.25) is 11.2 Å². The second kappa shape index (κ2) is 6.69. The first-order valence-corrected chi connectivity index (χ1v) is 6.89. The smallest absolute Gasteiger partial charge is 0.322 e. The first-order chi connectivity index (χ1) is 9.63. The number of nitrogens with zero attached hydrogens (tertiary/aromatic N) is 4. The van der Waals surface area contributed by atoms with Gasteiger partial charge >= 0.3 is 12.0 Å². The van der Waals surface area contributed by atoms with Crippen LogP contribution in [-0.2, 0) is 9.53 Å². The highest BCUT2D eigenvalue weighted by atomic mass is 35.5. The van der Waals surface area contributed by atoms with Gasteiger partial charge in [-0.3, -0.25) is 4.79 Å². The van der Waals surface area contributed by atoms with Crippen LogP contribution in [0.4, 0.5) is 5.95 Å². The molecule has 7 nitrogen and oxygen atoms in total. The number of aromatic nitrogens is 3. The number of halogens is 1. The van der Waals surface area contributed by atoms with Crippen molar-refractivity contribution in [2.45, 2.75) is 19.8 Å². The molecular weight excluding hydrogens is 284 g/mol. The van der Waals surface area contributed by atoms with Gasteiger partial charge < -0.3 is 14.4 Å². The van der Waals surface area contributed by atoms with Gasteiger partial charge in [0.15, 0.2) is 0 Å². The third-order valence-corrected chi connectivity index (χ3v) is 3.25. The normalized spacial score (nSPS) is 18.8. The minimum Gasteiger partial charge on any atom is -0.467 e. The summed E-state index contributed by atoms with van der Waals surface area (Å²) in [5, 5.41) is 0.0742. The van der Waals surface area contributed by atoms with Crippen molar-refractivity contribution in [1.29, 1.82) is 0 Å². The van der Waals surface area contributed by atoms with Gasteiger partial charge in [-0.05, 0) is 31.4 Å². The Morgan fingerprint density at radius 1 is 1.45 bits per heavy atom. The van der Waals surface area contributed by atoms with E-state index in [9.17, 15) is 4.79 Å². The minimum absolute atomic E-state index is 0.0742. The largest absolute Gasteiger partial charge is 0.467 e. The Morgan fingerprint density at radius 2 is 2.25 bits per heavy atom. The van der Waals surface area contributed by atoms with E-state index in [1.54, 1.807) is 6.92 Å². The van der Waals surface area contributed by atoms with Gasteiger partial charge in [0, 0.05) is 13.1 Å². The predicted molar refractivity (Wildman–Crippen MR) is 73.0 cm³/mol. The minimum atomic E-state index is -0.177. The SMILES string of the molecule is CCOC(=O)C1CCCN(c2nc(Cl)nc(OC)n2)C1. The van der Waals surface area contributed by atoms with Gasteiger partial charge in [0.1, 0.15) is 0 Å². The summed E-state index contributed by atoms with van der Waals surface area (Å²) in [4.78, 5) is 25.8. The number of ether oxygens (including phenoxy) is 2. The summed E-state index contributed by atoms with van der Waals surface area (Å²) in [5.41, 5.74) is 0. The Balaban J connectivity index is 2.12. The van der Waals surface area contributed by atoms with Crippen molar-refractivity contribution in [3.8, 4) is 6.01 Å². The maximum Gasteiger partial charge on any atom is 0.322 e. The quantitative estimate of drug-likeness (QED) is 0.776. The van der Waals surface area contributed by atoms with Gasteiger partial charge in [-0.15, -0.1) is 0 Å². The Morgan fingerprint density at radius 3 is 2.95 bits per heavy atom. The number of carbonyl (C=O) groups is 1. The lowest BCUT2D eigenvalue weighted by atomic mass is 9.98.